The average Bonchev–Trinajstić information content (AvgIpc) is 3.78. The lowest BCUT2D eigenvalue weighted by Gasteiger charge is -2.42. The molecule has 0 radical (unpaired) electrons. The van der Waals surface area contributed by atoms with Crippen LogP contribution < -0.4 is 10.6 Å². The van der Waals surface area contributed by atoms with Crippen LogP contribution in [0.15, 0.2) is 30.3 Å². The third-order valence-corrected chi connectivity index (χ3v) is 13.6. The molecule has 394 valence electrons. The van der Waals surface area contributed by atoms with Gasteiger partial charge in [0, 0.05) is 34.9 Å². The zero-order valence-electron chi connectivity index (χ0n) is 43.7. The number of aliphatic hydroxyl groups excluding tert-OH is 4. The van der Waals surface area contributed by atoms with Crippen molar-refractivity contribution in [2.75, 3.05) is 41.5 Å². The third-order valence-electron chi connectivity index (χ3n) is 13.6. The number of carbonyl (C=O) groups excluding carboxylic acids is 5. The first-order valence-corrected chi connectivity index (χ1v) is 24.5. The minimum atomic E-state index is -1.66. The number of benzene rings is 1. The van der Waals surface area contributed by atoms with E-state index in [0.29, 0.717) is 31.4 Å². The maximum Gasteiger partial charge on any atom is 0.410 e. The number of nitrogens with one attached hydrogen (secondary N) is 2. The Morgan fingerprint density at radius 1 is 0.855 bits per heavy atom. The summed E-state index contributed by atoms with van der Waals surface area (Å²) in [5.41, 5.74) is -0.160. The van der Waals surface area contributed by atoms with Crippen LogP contribution in [0.3, 0.4) is 0 Å². The van der Waals surface area contributed by atoms with Crippen molar-refractivity contribution in [1.29, 1.82) is 0 Å². The summed E-state index contributed by atoms with van der Waals surface area (Å²) in [6.07, 6.45) is -8.84. The maximum atomic E-state index is 14.6. The van der Waals surface area contributed by atoms with Crippen LogP contribution in [0.25, 0.3) is 0 Å². The van der Waals surface area contributed by atoms with E-state index in [4.69, 9.17) is 23.7 Å². The van der Waals surface area contributed by atoms with Gasteiger partial charge in [-0.15, -0.1) is 0 Å². The molecule has 0 aromatic heterocycles. The Bertz CT molecular complexity index is 1800. The molecule has 0 aliphatic carbocycles. The van der Waals surface area contributed by atoms with Crippen molar-refractivity contribution in [1.82, 2.24) is 25.3 Å². The van der Waals surface area contributed by atoms with Gasteiger partial charge in [-0.2, -0.15) is 0 Å². The first-order valence-electron chi connectivity index (χ1n) is 24.5. The summed E-state index contributed by atoms with van der Waals surface area (Å²) in [5.74, 6) is -3.09. The van der Waals surface area contributed by atoms with E-state index >= 15 is 0 Å². The predicted molar refractivity (Wildman–Crippen MR) is 257 cm³/mol. The predicted octanol–water partition coefficient (Wildman–Crippen LogP) is 3.00. The van der Waals surface area contributed by atoms with Crippen LogP contribution >= 0.6 is 0 Å². The summed E-state index contributed by atoms with van der Waals surface area (Å²) in [6.45, 7) is 19.7. The van der Waals surface area contributed by atoms with Gasteiger partial charge >= 0.3 is 6.09 Å². The molecule has 5 amide bonds. The summed E-state index contributed by atoms with van der Waals surface area (Å²) in [7, 11) is 6.16. The topological polar surface area (TPSA) is 246 Å². The summed E-state index contributed by atoms with van der Waals surface area (Å²) in [6, 6.07) is 5.18. The Morgan fingerprint density at radius 3 is 2.00 bits per heavy atom. The van der Waals surface area contributed by atoms with E-state index in [2.05, 4.69) is 10.6 Å². The van der Waals surface area contributed by atoms with Gasteiger partial charge in [0.05, 0.1) is 49.3 Å². The van der Waals surface area contributed by atoms with Gasteiger partial charge in [0.1, 0.15) is 48.2 Å². The molecule has 19 heteroatoms. The Morgan fingerprint density at radius 2 is 1.48 bits per heavy atom. The fourth-order valence-electron chi connectivity index (χ4n) is 9.53. The molecule has 0 bridgehead atoms. The molecule has 1 aromatic rings. The number of amides is 5. The number of rotatable bonds is 23. The normalized spacial score (nSPS) is 24.9. The Kier molecular flexibility index (Phi) is 22.8. The van der Waals surface area contributed by atoms with Gasteiger partial charge in [-0.25, -0.2) is 4.79 Å². The van der Waals surface area contributed by atoms with Crippen LogP contribution in [0.1, 0.15) is 114 Å². The molecular formula is C50H85N5O14. The lowest BCUT2D eigenvalue weighted by Crippen LogP contribution is -2.60. The lowest BCUT2D eigenvalue weighted by atomic mass is 9.89. The third kappa shape index (κ3) is 15.3. The highest BCUT2D eigenvalue weighted by atomic mass is 16.7. The van der Waals surface area contributed by atoms with Crippen molar-refractivity contribution < 1.29 is 68.1 Å². The molecular weight excluding hydrogens is 895 g/mol. The number of carbonyl (C=O) groups is 5. The minimum Gasteiger partial charge on any atom is -0.444 e. The van der Waals surface area contributed by atoms with Crippen molar-refractivity contribution in [2.45, 2.75) is 187 Å². The van der Waals surface area contributed by atoms with E-state index in [1.165, 1.54) is 26.2 Å². The molecule has 0 saturated carbocycles. The molecule has 19 nitrogen and oxygen atoms in total. The van der Waals surface area contributed by atoms with Gasteiger partial charge in [0.25, 0.3) is 0 Å². The summed E-state index contributed by atoms with van der Waals surface area (Å²) < 4.78 is 29.5. The van der Waals surface area contributed by atoms with E-state index in [1.807, 2.05) is 41.5 Å². The van der Waals surface area contributed by atoms with Gasteiger partial charge in [-0.1, -0.05) is 85.2 Å². The number of hydrogen-bond donors (Lipinski definition) is 6. The molecule has 2 fully saturated rings. The lowest BCUT2D eigenvalue weighted by molar-refractivity contribution is -0.314. The first kappa shape index (κ1) is 59.4. The number of methoxy groups -OCH3 is 2. The van der Waals surface area contributed by atoms with Gasteiger partial charge in [0.2, 0.25) is 23.6 Å². The van der Waals surface area contributed by atoms with Crippen molar-refractivity contribution in [3.63, 3.8) is 0 Å². The van der Waals surface area contributed by atoms with Crippen LogP contribution in [0.5, 0.6) is 0 Å². The van der Waals surface area contributed by atoms with Gasteiger partial charge in [-0.3, -0.25) is 24.1 Å². The van der Waals surface area contributed by atoms with Crippen molar-refractivity contribution >= 4 is 29.7 Å². The zero-order chi connectivity index (χ0) is 52.2. The molecule has 2 aliphatic heterocycles. The quantitative estimate of drug-likeness (QED) is 0.0924. The summed E-state index contributed by atoms with van der Waals surface area (Å²) in [4.78, 5) is 74.8. The van der Waals surface area contributed by atoms with E-state index in [9.17, 15) is 44.4 Å². The zero-order valence-corrected chi connectivity index (χ0v) is 43.7. The smallest absolute Gasteiger partial charge is 0.410 e. The monoisotopic (exact) mass is 980 g/mol. The maximum absolute atomic E-state index is 14.6. The van der Waals surface area contributed by atoms with E-state index in [0.717, 1.165) is 0 Å². The van der Waals surface area contributed by atoms with Crippen molar-refractivity contribution in [3.8, 4) is 0 Å². The Labute approximate surface area is 409 Å². The van der Waals surface area contributed by atoms with E-state index in [-0.39, 0.29) is 36.0 Å². The second kappa shape index (κ2) is 26.5. The van der Waals surface area contributed by atoms with Crippen LogP contribution in [0.4, 0.5) is 4.79 Å². The van der Waals surface area contributed by atoms with E-state index in [1.54, 1.807) is 81.8 Å². The molecule has 15 unspecified atom stereocenters. The SMILES string of the molecule is CCC(C)C(C(CC(=O)N1CCCC1C(OC)C(C)C(=O)NC(C)C(OC1OC(CO)C(O)C(O)C1O)c1ccccc1)OC)N(C)C(=O)C(NC(=O)C(C(C)C)N(C)C(=O)OC(C)(C)C)C(C)C. The number of hydrogen-bond acceptors (Lipinski definition) is 14. The van der Waals surface area contributed by atoms with Crippen LogP contribution in [0, 0.1) is 23.7 Å². The summed E-state index contributed by atoms with van der Waals surface area (Å²) in [5, 5.41) is 47.3. The van der Waals surface area contributed by atoms with E-state index < -0.39 is 115 Å². The average molecular weight is 980 g/mol. The van der Waals surface area contributed by atoms with Crippen LogP contribution in [-0.4, -0.2) is 185 Å². The molecule has 3 rings (SSSR count). The van der Waals surface area contributed by atoms with Gasteiger partial charge in [0.15, 0.2) is 6.29 Å². The number of likely N-dealkylation sites (tertiary alicyclic amines) is 1. The van der Waals surface area contributed by atoms with Crippen LogP contribution in [0.2, 0.25) is 0 Å². The molecule has 15 atom stereocenters. The van der Waals surface area contributed by atoms with Crippen LogP contribution in [-0.2, 0) is 42.9 Å². The second-order valence-corrected chi connectivity index (χ2v) is 20.6. The fourth-order valence-corrected chi connectivity index (χ4v) is 9.53. The number of ether oxygens (including phenoxy) is 5. The molecule has 6 N–H and O–H groups in total. The summed E-state index contributed by atoms with van der Waals surface area (Å²) >= 11 is 0. The Hall–Kier alpha value is -3.95. The molecule has 0 spiro atoms. The number of likely N-dealkylation sites (N-methyl/N-ethyl adjacent to an activating group) is 2. The van der Waals surface area contributed by atoms with Crippen molar-refractivity contribution in [2.24, 2.45) is 23.7 Å². The van der Waals surface area contributed by atoms with Gasteiger partial charge in [-0.05, 0) is 63.9 Å². The molecule has 2 saturated heterocycles. The largest absolute Gasteiger partial charge is 0.444 e. The number of nitrogens with zero attached hydrogens (tertiary/aromatic N) is 3. The van der Waals surface area contributed by atoms with Gasteiger partial charge < -0.3 is 64.5 Å². The minimum absolute atomic E-state index is 0.0868. The Balaban J connectivity index is 1.81. The molecule has 1 aromatic carbocycles. The first-order chi connectivity index (χ1) is 32.3. The highest BCUT2D eigenvalue weighted by Crippen LogP contribution is 2.32. The standard InChI is InChI=1S/C50H85N5O14/c1-16-29(6)39(53(12)47(63)37(27(2)3)52-46(62)38(28(4)5)54(13)49(64)69-50(9,10)11)34(65-14)25-36(57)55-24-20-23-33(55)43(66-15)30(7)45(61)51-31(8)44(32-21-18-17-19-22-32)68-48-42(60)41(59)40(58)35(26-56)67-48/h17-19,21-22,27-31,33-35,37-44,48,56,58-60H,16,20,23-26H2,1-15H3,(H,51,61)(H,52,62). The highest BCUT2D eigenvalue weighted by Gasteiger charge is 2.47. The molecule has 2 heterocycles. The second-order valence-electron chi connectivity index (χ2n) is 20.6. The van der Waals surface area contributed by atoms with Crippen molar-refractivity contribution in [3.05, 3.63) is 35.9 Å². The fraction of sp³-hybridized carbons (Fsp3) is 0.780. The number of aliphatic hydroxyl groups is 4. The molecule has 69 heavy (non-hydrogen) atoms. The molecule has 2 aliphatic rings. The highest BCUT2D eigenvalue weighted by molar-refractivity contribution is 5.92.